The summed E-state index contributed by atoms with van der Waals surface area (Å²) in [6.07, 6.45) is 1.79. The Morgan fingerprint density at radius 1 is 0.923 bits per heavy atom. The molecule has 196 valence electrons. The standard InChI is InChI=1S/C30H27ClN6O2/c1-19-16-34-37-28(15-27(36-29(19)37)23-7-3-5-9-25(23)31)32-17-21-11-13-22(14-12-21)18-33-30(39)24-8-4-6-10-26(24)35-20(2)38/h3-16,32H,17-18H2,1-2H3,(H,33,39)(H,35,38). The van der Waals surface area contributed by atoms with Crippen molar-refractivity contribution >= 4 is 40.6 Å². The number of rotatable bonds is 8. The van der Waals surface area contributed by atoms with E-state index in [1.54, 1.807) is 35.0 Å². The topological polar surface area (TPSA) is 100 Å². The first-order chi connectivity index (χ1) is 18.9. The third-order valence-corrected chi connectivity index (χ3v) is 6.56. The van der Waals surface area contributed by atoms with Crippen LogP contribution in [0.15, 0.2) is 85.1 Å². The number of nitrogens with one attached hydrogen (secondary N) is 3. The molecule has 3 N–H and O–H groups in total. The number of anilines is 2. The summed E-state index contributed by atoms with van der Waals surface area (Å²) in [5.74, 6) is 0.322. The number of para-hydroxylation sites is 1. The summed E-state index contributed by atoms with van der Waals surface area (Å²) in [6, 6.07) is 24.5. The Kier molecular flexibility index (Phi) is 7.56. The average Bonchev–Trinajstić information content (AvgIpc) is 3.31. The van der Waals surface area contributed by atoms with Crippen molar-refractivity contribution in [2.75, 3.05) is 10.6 Å². The lowest BCUT2D eigenvalue weighted by atomic mass is 10.1. The number of carbonyl (C=O) groups is 2. The maximum atomic E-state index is 12.7. The second-order valence-corrected chi connectivity index (χ2v) is 9.56. The SMILES string of the molecule is CC(=O)Nc1ccccc1C(=O)NCc1ccc(CNc2cc(-c3ccccc3Cl)nc3c(C)cnn23)cc1. The summed E-state index contributed by atoms with van der Waals surface area (Å²) < 4.78 is 1.79. The molecule has 0 aliphatic carbocycles. The Bertz CT molecular complexity index is 1660. The molecule has 3 aromatic carbocycles. The van der Waals surface area contributed by atoms with Gasteiger partial charge in [-0.1, -0.05) is 66.2 Å². The summed E-state index contributed by atoms with van der Waals surface area (Å²) in [6.45, 7) is 4.32. The second kappa shape index (κ2) is 11.4. The molecule has 5 rings (SSSR count). The molecule has 0 radical (unpaired) electrons. The van der Waals surface area contributed by atoms with E-state index in [9.17, 15) is 9.59 Å². The van der Waals surface area contributed by atoms with Gasteiger partial charge in [-0.3, -0.25) is 9.59 Å². The van der Waals surface area contributed by atoms with Crippen LogP contribution in [-0.4, -0.2) is 26.4 Å². The van der Waals surface area contributed by atoms with Crippen LogP contribution in [0, 0.1) is 6.92 Å². The molecule has 0 spiro atoms. The summed E-state index contributed by atoms with van der Waals surface area (Å²) in [4.78, 5) is 28.9. The second-order valence-electron chi connectivity index (χ2n) is 9.15. The zero-order valence-electron chi connectivity index (χ0n) is 21.5. The van der Waals surface area contributed by atoms with Gasteiger partial charge in [0.05, 0.1) is 23.1 Å². The highest BCUT2D eigenvalue weighted by Gasteiger charge is 2.13. The number of fused-ring (bicyclic) bond motifs is 1. The lowest BCUT2D eigenvalue weighted by Gasteiger charge is -2.13. The Balaban J connectivity index is 1.27. The zero-order chi connectivity index (χ0) is 27.4. The van der Waals surface area contributed by atoms with E-state index in [1.165, 1.54) is 6.92 Å². The van der Waals surface area contributed by atoms with Gasteiger partial charge in [0.15, 0.2) is 5.65 Å². The molecule has 9 heteroatoms. The smallest absolute Gasteiger partial charge is 0.253 e. The number of amides is 2. The van der Waals surface area contributed by atoms with Gasteiger partial charge in [0.2, 0.25) is 5.91 Å². The fourth-order valence-corrected chi connectivity index (χ4v) is 4.46. The number of hydrogen-bond donors (Lipinski definition) is 3. The lowest BCUT2D eigenvalue weighted by Crippen LogP contribution is -2.24. The van der Waals surface area contributed by atoms with Crippen molar-refractivity contribution in [3.05, 3.63) is 112 Å². The maximum Gasteiger partial charge on any atom is 0.253 e. The third-order valence-electron chi connectivity index (χ3n) is 6.23. The maximum absolute atomic E-state index is 12.7. The number of nitrogens with zero attached hydrogens (tertiary/aromatic N) is 3. The highest BCUT2D eigenvalue weighted by atomic mass is 35.5. The van der Waals surface area contributed by atoms with E-state index in [1.807, 2.05) is 61.5 Å². The van der Waals surface area contributed by atoms with Crippen molar-refractivity contribution in [3.63, 3.8) is 0 Å². The van der Waals surface area contributed by atoms with Gasteiger partial charge in [0, 0.05) is 42.2 Å². The predicted octanol–water partition coefficient (Wildman–Crippen LogP) is 5.86. The Morgan fingerprint density at radius 2 is 1.62 bits per heavy atom. The molecule has 0 saturated heterocycles. The molecule has 0 unspecified atom stereocenters. The van der Waals surface area contributed by atoms with Crippen LogP contribution in [0.4, 0.5) is 11.5 Å². The lowest BCUT2D eigenvalue weighted by molar-refractivity contribution is -0.114. The van der Waals surface area contributed by atoms with Gasteiger partial charge in [-0.15, -0.1) is 0 Å². The Labute approximate surface area is 231 Å². The first-order valence-corrected chi connectivity index (χ1v) is 12.8. The van der Waals surface area contributed by atoms with Crippen molar-refractivity contribution < 1.29 is 9.59 Å². The zero-order valence-corrected chi connectivity index (χ0v) is 22.3. The molecule has 2 amide bonds. The third kappa shape index (κ3) is 5.91. The van der Waals surface area contributed by atoms with Crippen molar-refractivity contribution in [3.8, 4) is 11.3 Å². The number of aryl methyl sites for hydroxylation is 1. The van der Waals surface area contributed by atoms with Crippen molar-refractivity contribution in [1.82, 2.24) is 19.9 Å². The molecular formula is C30H27ClN6O2. The average molecular weight is 539 g/mol. The minimum Gasteiger partial charge on any atom is -0.366 e. The van der Waals surface area contributed by atoms with Crippen LogP contribution in [0.3, 0.4) is 0 Å². The van der Waals surface area contributed by atoms with Crippen LogP contribution in [0.2, 0.25) is 5.02 Å². The van der Waals surface area contributed by atoms with Gasteiger partial charge in [-0.25, -0.2) is 4.98 Å². The van der Waals surface area contributed by atoms with Crippen LogP contribution in [0.5, 0.6) is 0 Å². The predicted molar refractivity (Wildman–Crippen MR) is 154 cm³/mol. The van der Waals surface area contributed by atoms with Crippen molar-refractivity contribution in [2.24, 2.45) is 0 Å². The molecule has 0 fully saturated rings. The minimum atomic E-state index is -0.254. The van der Waals surface area contributed by atoms with Crippen LogP contribution >= 0.6 is 11.6 Å². The first kappa shape index (κ1) is 25.9. The molecule has 0 aliphatic heterocycles. The number of benzene rings is 3. The van der Waals surface area contributed by atoms with Crippen LogP contribution < -0.4 is 16.0 Å². The number of halogens is 1. The van der Waals surface area contributed by atoms with E-state index in [4.69, 9.17) is 16.6 Å². The molecule has 5 aromatic rings. The van der Waals surface area contributed by atoms with Crippen molar-refractivity contribution in [1.29, 1.82) is 0 Å². The molecule has 0 aliphatic rings. The van der Waals surface area contributed by atoms with E-state index in [-0.39, 0.29) is 11.8 Å². The fourth-order valence-electron chi connectivity index (χ4n) is 4.23. The molecular weight excluding hydrogens is 512 g/mol. The first-order valence-electron chi connectivity index (χ1n) is 12.5. The summed E-state index contributed by atoms with van der Waals surface area (Å²) in [5.41, 5.74) is 6.29. The normalized spacial score (nSPS) is 10.8. The molecule has 8 nitrogen and oxygen atoms in total. The van der Waals surface area contributed by atoms with Gasteiger partial charge in [0.25, 0.3) is 5.91 Å². The van der Waals surface area contributed by atoms with Gasteiger partial charge in [-0.05, 0) is 36.2 Å². The molecule has 39 heavy (non-hydrogen) atoms. The van der Waals surface area contributed by atoms with Crippen molar-refractivity contribution in [2.45, 2.75) is 26.9 Å². The summed E-state index contributed by atoms with van der Waals surface area (Å²) in [5, 5.41) is 14.2. The van der Waals surface area contributed by atoms with Gasteiger partial charge >= 0.3 is 0 Å². The van der Waals surface area contributed by atoms with E-state index in [0.29, 0.717) is 29.4 Å². The van der Waals surface area contributed by atoms with Gasteiger partial charge in [-0.2, -0.15) is 9.61 Å². The largest absolute Gasteiger partial charge is 0.366 e. The van der Waals surface area contributed by atoms with Gasteiger partial charge in [0.1, 0.15) is 5.82 Å². The summed E-state index contributed by atoms with van der Waals surface area (Å²) >= 11 is 6.45. The van der Waals surface area contributed by atoms with E-state index in [0.717, 1.165) is 39.4 Å². The molecule has 0 bridgehead atoms. The minimum absolute atomic E-state index is 0.227. The van der Waals surface area contributed by atoms with Gasteiger partial charge < -0.3 is 16.0 Å². The monoisotopic (exact) mass is 538 g/mol. The fraction of sp³-hybridized carbons (Fsp3) is 0.133. The molecule has 0 atom stereocenters. The van der Waals surface area contributed by atoms with E-state index < -0.39 is 0 Å². The van der Waals surface area contributed by atoms with E-state index in [2.05, 4.69) is 21.0 Å². The Hall–Kier alpha value is -4.69. The number of hydrogen-bond acceptors (Lipinski definition) is 5. The summed E-state index contributed by atoms with van der Waals surface area (Å²) in [7, 11) is 0. The number of carbonyl (C=O) groups excluding carboxylic acids is 2. The molecule has 0 saturated carbocycles. The molecule has 2 heterocycles. The molecule has 2 aromatic heterocycles. The number of aromatic nitrogens is 3. The van der Waals surface area contributed by atoms with Crippen LogP contribution in [0.25, 0.3) is 16.9 Å². The van der Waals surface area contributed by atoms with Crippen LogP contribution in [-0.2, 0) is 17.9 Å². The quantitative estimate of drug-likeness (QED) is 0.230. The highest BCUT2D eigenvalue weighted by molar-refractivity contribution is 6.33. The highest BCUT2D eigenvalue weighted by Crippen LogP contribution is 2.29. The van der Waals surface area contributed by atoms with Crippen LogP contribution in [0.1, 0.15) is 34.0 Å². The Morgan fingerprint density at radius 3 is 2.36 bits per heavy atom. The van der Waals surface area contributed by atoms with E-state index >= 15 is 0 Å².